The number of aromatic nitrogens is 2. The topological polar surface area (TPSA) is 56.2 Å². The van der Waals surface area contributed by atoms with Gasteiger partial charge < -0.3 is 14.6 Å². The van der Waals surface area contributed by atoms with Crippen LogP contribution in [0.25, 0.3) is 11.4 Å². The zero-order valence-electron chi connectivity index (χ0n) is 10.4. The normalized spacial score (nSPS) is 10.1. The van der Waals surface area contributed by atoms with E-state index in [2.05, 4.69) is 10.3 Å². The number of likely N-dealkylation sites (N-methyl/N-ethyl adjacent to an activating group) is 1. The van der Waals surface area contributed by atoms with E-state index in [1.807, 2.05) is 24.3 Å². The van der Waals surface area contributed by atoms with Crippen LogP contribution in [-0.2, 0) is 11.3 Å². The Kier molecular flexibility index (Phi) is 3.62. The number of rotatable bonds is 4. The molecule has 0 unspecified atom stereocenters. The first kappa shape index (κ1) is 12.2. The fourth-order valence-corrected chi connectivity index (χ4v) is 1.74. The molecular formula is C13H15N3O2. The second-order valence-corrected chi connectivity index (χ2v) is 3.75. The minimum atomic E-state index is -0.0656. The van der Waals surface area contributed by atoms with Gasteiger partial charge in [-0.2, -0.15) is 0 Å². The van der Waals surface area contributed by atoms with Crippen molar-refractivity contribution in [1.29, 1.82) is 0 Å². The second kappa shape index (κ2) is 5.35. The van der Waals surface area contributed by atoms with Crippen molar-refractivity contribution in [3.63, 3.8) is 0 Å². The maximum Gasteiger partial charge on any atom is 0.239 e. The van der Waals surface area contributed by atoms with Crippen LogP contribution in [0, 0.1) is 0 Å². The molecule has 0 bridgehead atoms. The third-order valence-corrected chi connectivity index (χ3v) is 2.66. The number of amides is 1. The van der Waals surface area contributed by atoms with Gasteiger partial charge in [0.2, 0.25) is 5.91 Å². The van der Waals surface area contributed by atoms with Gasteiger partial charge in [-0.25, -0.2) is 4.98 Å². The van der Waals surface area contributed by atoms with E-state index < -0.39 is 0 Å². The molecule has 2 rings (SSSR count). The number of benzene rings is 1. The van der Waals surface area contributed by atoms with Crippen LogP contribution in [0.3, 0.4) is 0 Å². The average Bonchev–Trinajstić information content (AvgIpc) is 2.86. The summed E-state index contributed by atoms with van der Waals surface area (Å²) >= 11 is 0. The lowest BCUT2D eigenvalue weighted by atomic mass is 10.2. The third-order valence-electron chi connectivity index (χ3n) is 2.66. The highest BCUT2D eigenvalue weighted by molar-refractivity contribution is 5.76. The number of imidazole rings is 1. The van der Waals surface area contributed by atoms with Gasteiger partial charge in [0.25, 0.3) is 0 Å². The van der Waals surface area contributed by atoms with Crippen LogP contribution < -0.4 is 10.1 Å². The van der Waals surface area contributed by atoms with Gasteiger partial charge in [-0.1, -0.05) is 12.1 Å². The van der Waals surface area contributed by atoms with Gasteiger partial charge in [0.05, 0.1) is 12.7 Å². The van der Waals surface area contributed by atoms with E-state index in [9.17, 15) is 4.79 Å². The second-order valence-electron chi connectivity index (χ2n) is 3.75. The number of methoxy groups -OCH3 is 1. The summed E-state index contributed by atoms with van der Waals surface area (Å²) in [4.78, 5) is 15.7. The molecule has 1 N–H and O–H groups in total. The smallest absolute Gasteiger partial charge is 0.239 e. The van der Waals surface area contributed by atoms with Crippen molar-refractivity contribution in [2.24, 2.45) is 0 Å². The van der Waals surface area contributed by atoms with E-state index in [0.29, 0.717) is 0 Å². The van der Waals surface area contributed by atoms with E-state index in [4.69, 9.17) is 4.74 Å². The molecule has 18 heavy (non-hydrogen) atoms. The van der Waals surface area contributed by atoms with Crippen LogP contribution in [0.5, 0.6) is 5.75 Å². The van der Waals surface area contributed by atoms with E-state index in [0.717, 1.165) is 17.1 Å². The van der Waals surface area contributed by atoms with E-state index in [1.54, 1.807) is 31.1 Å². The van der Waals surface area contributed by atoms with E-state index >= 15 is 0 Å². The summed E-state index contributed by atoms with van der Waals surface area (Å²) in [7, 11) is 3.23. The molecule has 94 valence electrons. The molecule has 0 aliphatic heterocycles. The molecule has 1 aromatic heterocycles. The molecule has 5 heteroatoms. The average molecular weight is 245 g/mol. The number of para-hydroxylation sites is 1. The summed E-state index contributed by atoms with van der Waals surface area (Å²) in [6, 6.07) is 7.60. The minimum Gasteiger partial charge on any atom is -0.496 e. The zero-order valence-corrected chi connectivity index (χ0v) is 10.4. The molecule has 0 atom stereocenters. The Morgan fingerprint density at radius 3 is 2.94 bits per heavy atom. The first-order chi connectivity index (χ1) is 8.76. The Bertz CT molecular complexity index is 549. The highest BCUT2D eigenvalue weighted by Gasteiger charge is 2.12. The molecule has 0 saturated heterocycles. The van der Waals surface area contributed by atoms with Crippen molar-refractivity contribution in [1.82, 2.24) is 14.9 Å². The van der Waals surface area contributed by atoms with E-state index in [-0.39, 0.29) is 12.5 Å². The molecule has 0 spiro atoms. The van der Waals surface area contributed by atoms with Gasteiger partial charge in [0, 0.05) is 19.4 Å². The highest BCUT2D eigenvalue weighted by atomic mass is 16.5. The summed E-state index contributed by atoms with van der Waals surface area (Å²) in [5, 5.41) is 2.59. The van der Waals surface area contributed by atoms with Crippen molar-refractivity contribution >= 4 is 5.91 Å². The van der Waals surface area contributed by atoms with Crippen molar-refractivity contribution in [3.05, 3.63) is 36.7 Å². The molecule has 1 amide bonds. The predicted octanol–water partition coefficient (Wildman–Crippen LogP) is 1.30. The molecule has 1 heterocycles. The summed E-state index contributed by atoms with van der Waals surface area (Å²) in [5.74, 6) is 1.39. The fourth-order valence-electron chi connectivity index (χ4n) is 1.74. The standard InChI is InChI=1S/C13H15N3O2/c1-14-12(17)9-16-8-7-15-13(16)10-5-3-4-6-11(10)18-2/h3-8H,9H2,1-2H3,(H,14,17). The molecule has 5 nitrogen and oxygen atoms in total. The van der Waals surface area contributed by atoms with Gasteiger partial charge in [-0.05, 0) is 12.1 Å². The quantitative estimate of drug-likeness (QED) is 0.883. The van der Waals surface area contributed by atoms with Crippen molar-refractivity contribution in [2.75, 3.05) is 14.2 Å². The molecule has 0 saturated carbocycles. The Morgan fingerprint density at radius 1 is 1.44 bits per heavy atom. The first-order valence-electron chi connectivity index (χ1n) is 5.61. The number of hydrogen-bond acceptors (Lipinski definition) is 3. The summed E-state index contributed by atoms with van der Waals surface area (Å²) in [5.41, 5.74) is 0.869. The SMILES string of the molecule is CNC(=O)Cn1ccnc1-c1ccccc1OC. The molecule has 2 aromatic rings. The Hall–Kier alpha value is -2.30. The Balaban J connectivity index is 2.39. The molecule has 0 aliphatic carbocycles. The lowest BCUT2D eigenvalue weighted by molar-refractivity contribution is -0.121. The largest absolute Gasteiger partial charge is 0.496 e. The van der Waals surface area contributed by atoms with Crippen molar-refractivity contribution in [2.45, 2.75) is 6.54 Å². The van der Waals surface area contributed by atoms with Gasteiger partial charge in [0.1, 0.15) is 18.1 Å². The molecule has 1 aromatic carbocycles. The highest BCUT2D eigenvalue weighted by Crippen LogP contribution is 2.27. The minimum absolute atomic E-state index is 0.0656. The van der Waals surface area contributed by atoms with Crippen molar-refractivity contribution < 1.29 is 9.53 Å². The maximum absolute atomic E-state index is 11.4. The molecule has 0 aliphatic rings. The lowest BCUT2D eigenvalue weighted by Gasteiger charge is -2.10. The summed E-state index contributed by atoms with van der Waals surface area (Å²) < 4.78 is 7.09. The predicted molar refractivity (Wildman–Crippen MR) is 68.3 cm³/mol. The maximum atomic E-state index is 11.4. The van der Waals surface area contributed by atoms with Crippen LogP contribution in [0.2, 0.25) is 0 Å². The van der Waals surface area contributed by atoms with Crippen molar-refractivity contribution in [3.8, 4) is 17.1 Å². The first-order valence-corrected chi connectivity index (χ1v) is 5.61. The van der Waals surface area contributed by atoms with Gasteiger partial charge in [0.15, 0.2) is 0 Å². The number of ether oxygens (including phenoxy) is 1. The molecular weight excluding hydrogens is 230 g/mol. The summed E-state index contributed by atoms with van der Waals surface area (Å²) in [6.45, 7) is 0.240. The van der Waals surface area contributed by atoms with Gasteiger partial charge >= 0.3 is 0 Å². The van der Waals surface area contributed by atoms with E-state index in [1.165, 1.54) is 0 Å². The third kappa shape index (κ3) is 2.34. The summed E-state index contributed by atoms with van der Waals surface area (Å²) in [6.07, 6.45) is 3.45. The van der Waals surface area contributed by atoms with Crippen LogP contribution in [0.15, 0.2) is 36.7 Å². The number of nitrogens with one attached hydrogen (secondary N) is 1. The van der Waals surface area contributed by atoms with Crippen LogP contribution in [-0.4, -0.2) is 29.6 Å². The number of hydrogen-bond donors (Lipinski definition) is 1. The van der Waals surface area contributed by atoms with Gasteiger partial charge in [-0.15, -0.1) is 0 Å². The lowest BCUT2D eigenvalue weighted by Crippen LogP contribution is -2.23. The number of carbonyl (C=O) groups is 1. The number of carbonyl (C=O) groups excluding carboxylic acids is 1. The fraction of sp³-hybridized carbons (Fsp3) is 0.231. The monoisotopic (exact) mass is 245 g/mol. The van der Waals surface area contributed by atoms with Crippen LogP contribution in [0.1, 0.15) is 0 Å². The number of nitrogens with zero attached hydrogens (tertiary/aromatic N) is 2. The zero-order chi connectivity index (χ0) is 13.0. The molecule has 0 radical (unpaired) electrons. The van der Waals surface area contributed by atoms with Gasteiger partial charge in [-0.3, -0.25) is 4.79 Å². The Labute approximate surface area is 105 Å². The molecule has 0 fully saturated rings. The van der Waals surface area contributed by atoms with Crippen LogP contribution >= 0.6 is 0 Å². The van der Waals surface area contributed by atoms with Crippen LogP contribution in [0.4, 0.5) is 0 Å². The Morgan fingerprint density at radius 2 is 2.22 bits per heavy atom.